The van der Waals surface area contributed by atoms with Crippen LogP contribution in [0, 0.1) is 11.3 Å². The smallest absolute Gasteiger partial charge is 0.268 e. The van der Waals surface area contributed by atoms with Crippen LogP contribution in [0.1, 0.15) is 34.7 Å². The molecular formula is C26H23N5O4S2. The fraction of sp³-hybridized carbons (Fsp3) is 0.192. The topological polar surface area (TPSA) is 130 Å². The molecule has 9 nitrogen and oxygen atoms in total. The number of nitrogens with zero attached hydrogens (tertiary/aromatic N) is 3. The van der Waals surface area contributed by atoms with Gasteiger partial charge in [-0.1, -0.05) is 36.9 Å². The van der Waals surface area contributed by atoms with Crippen LogP contribution in [0.25, 0.3) is 17.0 Å². The lowest BCUT2D eigenvalue weighted by Crippen LogP contribution is -2.15. The Kier molecular flexibility index (Phi) is 6.69. The van der Waals surface area contributed by atoms with E-state index in [1.54, 1.807) is 6.20 Å². The molecule has 0 spiro atoms. The summed E-state index contributed by atoms with van der Waals surface area (Å²) in [4.78, 5) is 9.29. The van der Waals surface area contributed by atoms with E-state index in [1.807, 2.05) is 30.3 Å². The van der Waals surface area contributed by atoms with Crippen molar-refractivity contribution in [3.8, 4) is 23.3 Å². The normalized spacial score (nSPS) is 12.9. The fourth-order valence-corrected chi connectivity index (χ4v) is 6.85. The summed E-state index contributed by atoms with van der Waals surface area (Å²) in [6.45, 7) is 3.96. The zero-order valence-electron chi connectivity index (χ0n) is 19.9. The van der Waals surface area contributed by atoms with Crippen LogP contribution in [0.2, 0.25) is 0 Å². The molecule has 0 atom stereocenters. The summed E-state index contributed by atoms with van der Waals surface area (Å²) in [6.07, 6.45) is 6.64. The molecule has 3 aromatic heterocycles. The lowest BCUT2D eigenvalue weighted by molar-refractivity contribution is 0.385. The van der Waals surface area contributed by atoms with Crippen molar-refractivity contribution in [3.05, 3.63) is 77.3 Å². The number of nitrogens with one attached hydrogen (secondary N) is 2. The van der Waals surface area contributed by atoms with Gasteiger partial charge in [0.1, 0.15) is 11.1 Å². The van der Waals surface area contributed by atoms with Gasteiger partial charge in [0.05, 0.1) is 36.5 Å². The van der Waals surface area contributed by atoms with Crippen molar-refractivity contribution >= 4 is 37.7 Å². The number of hydrogen-bond acceptors (Lipinski definition) is 9. The lowest BCUT2D eigenvalue weighted by Gasteiger charge is -2.13. The second kappa shape index (κ2) is 10.1. The van der Waals surface area contributed by atoms with Crippen LogP contribution in [0.3, 0.4) is 0 Å². The number of aromatic nitrogens is 2. The minimum Gasteiger partial charge on any atom is -0.480 e. The third-order valence-corrected chi connectivity index (χ3v) is 8.61. The molecule has 1 aromatic carbocycles. The Bertz CT molecular complexity index is 1620. The predicted octanol–water partition coefficient (Wildman–Crippen LogP) is 5.44. The number of thiophene rings is 1. The van der Waals surface area contributed by atoms with Gasteiger partial charge in [-0.15, -0.1) is 11.3 Å². The number of methoxy groups -OCH3 is 1. The van der Waals surface area contributed by atoms with E-state index in [9.17, 15) is 13.7 Å². The van der Waals surface area contributed by atoms with Crippen LogP contribution in [0.15, 0.2) is 64.7 Å². The van der Waals surface area contributed by atoms with E-state index in [0.717, 1.165) is 41.7 Å². The number of fused-ring (bicyclic) bond motifs is 1. The summed E-state index contributed by atoms with van der Waals surface area (Å²) < 4.78 is 40.5. The number of pyridine rings is 1. The van der Waals surface area contributed by atoms with Gasteiger partial charge in [0.15, 0.2) is 10.7 Å². The van der Waals surface area contributed by atoms with E-state index < -0.39 is 10.0 Å². The summed E-state index contributed by atoms with van der Waals surface area (Å²) in [5.41, 5.74) is 2.86. The molecule has 11 heteroatoms. The summed E-state index contributed by atoms with van der Waals surface area (Å²) in [5, 5.41) is 13.0. The SMILES string of the molecule is C=C(Nc1cnc(OC)c(S(=O)(=O)Nc2sc3c(c2C#N)CCCC3)c1)c1ncc(-c2ccccc2)o1. The van der Waals surface area contributed by atoms with Crippen LogP contribution in [0.5, 0.6) is 5.88 Å². The first-order valence-corrected chi connectivity index (χ1v) is 13.8. The van der Waals surface area contributed by atoms with Crippen molar-refractivity contribution in [1.29, 1.82) is 5.26 Å². The minimum absolute atomic E-state index is 0.0778. The van der Waals surface area contributed by atoms with Gasteiger partial charge in [0.25, 0.3) is 10.0 Å². The molecule has 0 bridgehead atoms. The number of ether oxygens (including phenoxy) is 1. The Morgan fingerprint density at radius 3 is 2.73 bits per heavy atom. The molecule has 1 aliphatic rings. The highest BCUT2D eigenvalue weighted by Gasteiger charge is 2.27. The minimum atomic E-state index is -4.13. The highest BCUT2D eigenvalue weighted by Crippen LogP contribution is 2.39. The van der Waals surface area contributed by atoms with Gasteiger partial charge in [-0.2, -0.15) is 5.26 Å². The van der Waals surface area contributed by atoms with Gasteiger partial charge < -0.3 is 14.5 Å². The lowest BCUT2D eigenvalue weighted by atomic mass is 9.96. The summed E-state index contributed by atoms with van der Waals surface area (Å²) in [5.74, 6) is 0.747. The van der Waals surface area contributed by atoms with Crippen molar-refractivity contribution in [2.24, 2.45) is 0 Å². The number of hydrogen-bond donors (Lipinski definition) is 2. The number of rotatable bonds is 8. The molecule has 0 saturated heterocycles. The first-order chi connectivity index (χ1) is 17.9. The average Bonchev–Trinajstić information content (AvgIpc) is 3.54. The van der Waals surface area contributed by atoms with Crippen molar-refractivity contribution < 1.29 is 17.6 Å². The van der Waals surface area contributed by atoms with Gasteiger partial charge >= 0.3 is 0 Å². The predicted molar refractivity (Wildman–Crippen MR) is 142 cm³/mol. The van der Waals surface area contributed by atoms with Crippen molar-refractivity contribution in [2.75, 3.05) is 17.1 Å². The van der Waals surface area contributed by atoms with Gasteiger partial charge in [-0.3, -0.25) is 4.72 Å². The van der Waals surface area contributed by atoms with E-state index in [2.05, 4.69) is 32.7 Å². The third kappa shape index (κ3) is 4.94. The third-order valence-electron chi connectivity index (χ3n) is 5.93. The number of aryl methyl sites for hydroxylation is 1. The molecule has 188 valence electrons. The van der Waals surface area contributed by atoms with E-state index in [1.165, 1.54) is 30.7 Å². The molecule has 5 rings (SSSR count). The van der Waals surface area contributed by atoms with E-state index in [0.29, 0.717) is 27.7 Å². The molecule has 2 N–H and O–H groups in total. The van der Waals surface area contributed by atoms with Gasteiger partial charge in [-0.05, 0) is 37.3 Å². The quantitative estimate of drug-likeness (QED) is 0.306. The Labute approximate surface area is 218 Å². The maximum Gasteiger partial charge on any atom is 0.268 e. The molecule has 37 heavy (non-hydrogen) atoms. The first-order valence-electron chi connectivity index (χ1n) is 11.5. The molecule has 4 aromatic rings. The second-order valence-corrected chi connectivity index (χ2v) is 11.1. The molecule has 1 aliphatic carbocycles. The monoisotopic (exact) mass is 533 g/mol. The summed E-state index contributed by atoms with van der Waals surface area (Å²) >= 11 is 1.31. The van der Waals surface area contributed by atoms with Gasteiger partial charge in [-0.25, -0.2) is 18.4 Å². The Morgan fingerprint density at radius 1 is 1.19 bits per heavy atom. The molecule has 0 aliphatic heterocycles. The fourth-order valence-electron chi connectivity index (χ4n) is 4.16. The van der Waals surface area contributed by atoms with E-state index >= 15 is 0 Å². The van der Waals surface area contributed by atoms with Crippen LogP contribution in [-0.4, -0.2) is 25.5 Å². The van der Waals surface area contributed by atoms with Crippen LogP contribution in [-0.2, 0) is 22.9 Å². The number of anilines is 2. The van der Waals surface area contributed by atoms with Crippen molar-refractivity contribution in [2.45, 2.75) is 30.6 Å². The number of sulfonamides is 1. The maximum atomic E-state index is 13.4. The zero-order chi connectivity index (χ0) is 26.0. The highest BCUT2D eigenvalue weighted by molar-refractivity contribution is 7.93. The molecule has 3 heterocycles. The molecule has 0 fully saturated rings. The van der Waals surface area contributed by atoms with E-state index in [4.69, 9.17) is 9.15 Å². The van der Waals surface area contributed by atoms with Gasteiger partial charge in [0.2, 0.25) is 11.8 Å². The van der Waals surface area contributed by atoms with Crippen molar-refractivity contribution in [3.63, 3.8) is 0 Å². The highest BCUT2D eigenvalue weighted by atomic mass is 32.2. The van der Waals surface area contributed by atoms with Crippen LogP contribution >= 0.6 is 11.3 Å². The molecular weight excluding hydrogens is 510 g/mol. The summed E-state index contributed by atoms with van der Waals surface area (Å²) in [6, 6.07) is 13.1. The van der Waals surface area contributed by atoms with Crippen molar-refractivity contribution in [1.82, 2.24) is 9.97 Å². The molecule has 0 amide bonds. The van der Waals surface area contributed by atoms with Gasteiger partial charge in [0, 0.05) is 10.4 Å². The summed E-state index contributed by atoms with van der Waals surface area (Å²) in [7, 11) is -2.79. The molecule has 0 saturated carbocycles. The zero-order valence-corrected chi connectivity index (χ0v) is 21.6. The Balaban J connectivity index is 1.41. The largest absolute Gasteiger partial charge is 0.480 e. The first kappa shape index (κ1) is 24.5. The van der Waals surface area contributed by atoms with Crippen LogP contribution in [0.4, 0.5) is 10.7 Å². The van der Waals surface area contributed by atoms with E-state index in [-0.39, 0.29) is 16.7 Å². The molecule has 0 unspecified atom stereocenters. The second-order valence-electron chi connectivity index (χ2n) is 8.36. The number of benzene rings is 1. The molecule has 0 radical (unpaired) electrons. The number of oxazole rings is 1. The Morgan fingerprint density at radius 2 is 1.97 bits per heavy atom. The number of nitriles is 1. The average molecular weight is 534 g/mol. The van der Waals surface area contributed by atoms with Crippen LogP contribution < -0.4 is 14.8 Å². The standard InChI is InChI=1S/C26H23N5O4S2/c1-16(24-29-15-21(35-24)17-8-4-3-5-9-17)30-18-12-23(25(34-2)28-14-18)37(32,33)31-26-20(13-27)19-10-6-7-11-22(19)36-26/h3-5,8-9,12,14-15,30-31H,1,6-7,10-11H2,2H3. The maximum absolute atomic E-state index is 13.4. The Hall–Kier alpha value is -4.14.